The van der Waals surface area contributed by atoms with Gasteiger partial charge in [0.25, 0.3) is 5.91 Å². The van der Waals surface area contributed by atoms with Gasteiger partial charge in [0.15, 0.2) is 0 Å². The van der Waals surface area contributed by atoms with Crippen molar-refractivity contribution in [1.29, 1.82) is 0 Å². The maximum Gasteiger partial charge on any atom is 0.312 e. The topological polar surface area (TPSA) is 83.7 Å². The molecule has 1 aliphatic rings. The van der Waals surface area contributed by atoms with Crippen LogP contribution < -0.4 is 0 Å². The molecular weight excluding hydrogens is 396 g/mol. The number of nitro groups is 1. The van der Waals surface area contributed by atoms with E-state index in [0.29, 0.717) is 10.9 Å². The van der Waals surface area contributed by atoms with E-state index in [9.17, 15) is 20.0 Å². The molecule has 26 heavy (non-hydrogen) atoms. The standard InChI is InChI=1S/C17H11ClN2O4S2/c18-12-6-11(15(21)13(8-12)20(23)24)7-14-16(22)19(17(25)26-14)9-10-4-2-1-3-5-10/h1-8,21H,9H2/b14-7+. The number of hydrogen-bond donors (Lipinski definition) is 1. The molecule has 132 valence electrons. The van der Waals surface area contributed by atoms with Crippen molar-refractivity contribution in [3.05, 3.63) is 73.6 Å². The molecular formula is C17H11ClN2O4S2. The van der Waals surface area contributed by atoms with Crippen LogP contribution in [0.1, 0.15) is 11.1 Å². The van der Waals surface area contributed by atoms with Crippen LogP contribution in [0.2, 0.25) is 5.02 Å². The number of phenolic OH excluding ortho intramolecular Hbond substituents is 1. The number of benzene rings is 2. The molecule has 6 nitrogen and oxygen atoms in total. The van der Waals surface area contributed by atoms with Crippen LogP contribution in [-0.4, -0.2) is 25.2 Å². The highest BCUT2D eigenvalue weighted by atomic mass is 35.5. The van der Waals surface area contributed by atoms with Crippen molar-refractivity contribution in [3.8, 4) is 5.75 Å². The Kier molecular flexibility index (Phi) is 5.26. The fraction of sp³-hybridized carbons (Fsp3) is 0.0588. The Hall–Kier alpha value is -2.42. The SMILES string of the molecule is O=C1/C(=C\c2cc(Cl)cc([N+](=O)[O-])c2O)SC(=S)N1Cc1ccccc1. The quantitative estimate of drug-likeness (QED) is 0.351. The van der Waals surface area contributed by atoms with Crippen molar-refractivity contribution in [2.75, 3.05) is 0 Å². The zero-order valence-corrected chi connectivity index (χ0v) is 15.5. The Morgan fingerprint density at radius 3 is 2.65 bits per heavy atom. The molecule has 0 saturated carbocycles. The van der Waals surface area contributed by atoms with Crippen LogP contribution in [0.4, 0.5) is 5.69 Å². The van der Waals surface area contributed by atoms with Crippen LogP contribution in [0.5, 0.6) is 5.75 Å². The van der Waals surface area contributed by atoms with Crippen molar-refractivity contribution in [2.45, 2.75) is 6.54 Å². The van der Waals surface area contributed by atoms with Crippen LogP contribution in [0.25, 0.3) is 6.08 Å². The van der Waals surface area contributed by atoms with Gasteiger partial charge in [0.1, 0.15) is 4.32 Å². The molecule has 0 atom stereocenters. The van der Waals surface area contributed by atoms with E-state index in [0.717, 1.165) is 23.4 Å². The summed E-state index contributed by atoms with van der Waals surface area (Å²) in [5.74, 6) is -0.876. The number of aromatic hydroxyl groups is 1. The largest absolute Gasteiger partial charge is 0.502 e. The van der Waals surface area contributed by atoms with Crippen LogP contribution >= 0.6 is 35.6 Å². The molecule has 1 fully saturated rings. The molecule has 0 spiro atoms. The molecule has 1 heterocycles. The summed E-state index contributed by atoms with van der Waals surface area (Å²) in [6.07, 6.45) is 1.36. The van der Waals surface area contributed by atoms with Crippen molar-refractivity contribution >= 4 is 57.6 Å². The summed E-state index contributed by atoms with van der Waals surface area (Å²) < 4.78 is 0.376. The van der Waals surface area contributed by atoms with E-state index >= 15 is 0 Å². The molecule has 9 heteroatoms. The Bertz CT molecular complexity index is 947. The molecule has 1 N–H and O–H groups in total. The lowest BCUT2D eigenvalue weighted by Crippen LogP contribution is -2.27. The van der Waals surface area contributed by atoms with E-state index in [2.05, 4.69) is 0 Å². The summed E-state index contributed by atoms with van der Waals surface area (Å²) in [6.45, 7) is 0.324. The number of thiocarbonyl (C=S) groups is 1. The lowest BCUT2D eigenvalue weighted by atomic mass is 10.1. The third-order valence-corrected chi connectivity index (χ3v) is 5.22. The fourth-order valence-electron chi connectivity index (χ4n) is 2.40. The molecule has 0 aromatic heterocycles. The van der Waals surface area contributed by atoms with Gasteiger partial charge in [-0.3, -0.25) is 19.8 Å². The average molecular weight is 407 g/mol. The minimum atomic E-state index is -0.737. The second kappa shape index (κ2) is 7.45. The number of amides is 1. The maximum absolute atomic E-state index is 12.6. The van der Waals surface area contributed by atoms with Gasteiger partial charge in [0.2, 0.25) is 5.75 Å². The minimum absolute atomic E-state index is 0.0838. The first-order valence-corrected chi connectivity index (χ1v) is 8.93. The Morgan fingerprint density at radius 1 is 1.31 bits per heavy atom. The summed E-state index contributed by atoms with van der Waals surface area (Å²) in [7, 11) is 0. The zero-order valence-electron chi connectivity index (χ0n) is 13.1. The fourth-order valence-corrected chi connectivity index (χ4v) is 3.87. The second-order valence-electron chi connectivity index (χ2n) is 5.37. The molecule has 3 rings (SSSR count). The summed E-state index contributed by atoms with van der Waals surface area (Å²) in [4.78, 5) is 24.6. The first-order valence-electron chi connectivity index (χ1n) is 7.33. The Morgan fingerprint density at radius 2 is 2.00 bits per heavy atom. The van der Waals surface area contributed by atoms with Crippen LogP contribution in [0, 0.1) is 10.1 Å². The monoisotopic (exact) mass is 406 g/mol. The molecule has 1 saturated heterocycles. The lowest BCUT2D eigenvalue weighted by molar-refractivity contribution is -0.385. The van der Waals surface area contributed by atoms with E-state index < -0.39 is 16.4 Å². The van der Waals surface area contributed by atoms with Crippen molar-refractivity contribution in [2.24, 2.45) is 0 Å². The summed E-state index contributed by atoms with van der Waals surface area (Å²) >= 11 is 12.2. The normalized spacial score (nSPS) is 15.7. The van der Waals surface area contributed by atoms with Gasteiger partial charge in [0, 0.05) is 16.7 Å². The number of carbonyl (C=O) groups excluding carboxylic acids is 1. The van der Waals surface area contributed by atoms with Gasteiger partial charge >= 0.3 is 5.69 Å². The number of thioether (sulfide) groups is 1. The lowest BCUT2D eigenvalue weighted by Gasteiger charge is -2.14. The molecule has 0 bridgehead atoms. The molecule has 0 radical (unpaired) electrons. The van der Waals surface area contributed by atoms with Gasteiger partial charge in [-0.15, -0.1) is 0 Å². The molecule has 2 aromatic carbocycles. The summed E-state index contributed by atoms with van der Waals surface area (Å²) in [6, 6.07) is 11.8. The van der Waals surface area contributed by atoms with Crippen LogP contribution in [0.3, 0.4) is 0 Å². The smallest absolute Gasteiger partial charge is 0.312 e. The van der Waals surface area contributed by atoms with Crippen LogP contribution in [0.15, 0.2) is 47.4 Å². The number of nitrogens with zero attached hydrogens (tertiary/aromatic N) is 2. The highest BCUT2D eigenvalue weighted by Gasteiger charge is 2.32. The zero-order chi connectivity index (χ0) is 18.8. The number of carbonyl (C=O) groups is 1. The number of nitro benzene ring substituents is 1. The van der Waals surface area contributed by atoms with Crippen molar-refractivity contribution in [1.82, 2.24) is 4.90 Å². The second-order valence-corrected chi connectivity index (χ2v) is 7.49. The van der Waals surface area contributed by atoms with Gasteiger partial charge < -0.3 is 5.11 Å². The number of rotatable bonds is 4. The summed E-state index contributed by atoms with van der Waals surface area (Å²) in [5, 5.41) is 21.2. The maximum atomic E-state index is 12.6. The first kappa shape index (κ1) is 18.4. The third kappa shape index (κ3) is 3.72. The van der Waals surface area contributed by atoms with E-state index in [1.807, 2.05) is 30.3 Å². The van der Waals surface area contributed by atoms with Crippen molar-refractivity contribution < 1.29 is 14.8 Å². The molecule has 0 aliphatic carbocycles. The molecule has 0 unspecified atom stereocenters. The predicted octanol–water partition coefficient (Wildman–Crippen LogP) is 4.36. The van der Waals surface area contributed by atoms with Gasteiger partial charge in [-0.1, -0.05) is 65.9 Å². The molecule has 1 aliphatic heterocycles. The van der Waals surface area contributed by atoms with Gasteiger partial charge in [-0.2, -0.15) is 0 Å². The number of phenols is 1. The first-order chi connectivity index (χ1) is 12.4. The van der Waals surface area contributed by atoms with Gasteiger partial charge in [-0.05, 0) is 17.7 Å². The highest BCUT2D eigenvalue weighted by molar-refractivity contribution is 8.26. The van der Waals surface area contributed by atoms with Gasteiger partial charge in [-0.25, -0.2) is 0 Å². The van der Waals surface area contributed by atoms with Crippen molar-refractivity contribution in [3.63, 3.8) is 0 Å². The number of halogens is 1. The summed E-state index contributed by atoms with van der Waals surface area (Å²) in [5.41, 5.74) is 0.485. The molecule has 1 amide bonds. The van der Waals surface area contributed by atoms with E-state index in [1.54, 1.807) is 0 Å². The van der Waals surface area contributed by atoms with E-state index in [-0.39, 0.29) is 21.4 Å². The van der Waals surface area contributed by atoms with E-state index in [1.165, 1.54) is 17.0 Å². The van der Waals surface area contributed by atoms with Crippen LogP contribution in [-0.2, 0) is 11.3 Å². The van der Waals surface area contributed by atoms with Gasteiger partial charge in [0.05, 0.1) is 16.4 Å². The highest BCUT2D eigenvalue weighted by Crippen LogP contribution is 2.38. The number of hydrogen-bond acceptors (Lipinski definition) is 6. The minimum Gasteiger partial charge on any atom is -0.502 e. The third-order valence-electron chi connectivity index (χ3n) is 3.62. The van der Waals surface area contributed by atoms with E-state index in [4.69, 9.17) is 23.8 Å². The Balaban J connectivity index is 1.92. The predicted molar refractivity (Wildman–Crippen MR) is 105 cm³/mol. The Labute approximate surface area is 163 Å². The molecule has 2 aromatic rings. The average Bonchev–Trinajstić information content (AvgIpc) is 2.86.